The highest BCUT2D eigenvalue weighted by atomic mass is 16.5. The van der Waals surface area contributed by atoms with Gasteiger partial charge in [-0.1, -0.05) is 25.1 Å². The standard InChI is InChI=1S/C31H43N7O3/c1-20(2)38-29-27(19-34-38)25(30(39)33-18-26-21(3)14-22(4)35-31(26)40)16-28(36-29)24-7-5-6-23(15-24)17-32-8-9-37-10-12-41-13-11-37/h5-7,15-16,19-22,26,32H,8-14,17-18H2,1-4H3,(H,33,39)(H,35,40). The number of benzene rings is 1. The average Bonchev–Trinajstić information content (AvgIpc) is 3.39. The number of fused-ring (bicyclic) bond motifs is 1. The SMILES string of the molecule is CC1CC(C)C(CNC(=O)c2cc(-c3cccc(CNCCN4CCOCC4)c3)nc3c2cnn3C(C)C)C(=O)N1. The highest BCUT2D eigenvalue weighted by Crippen LogP contribution is 2.28. The van der Waals surface area contributed by atoms with Crippen LogP contribution < -0.4 is 16.0 Å². The fourth-order valence-corrected chi connectivity index (χ4v) is 5.85. The summed E-state index contributed by atoms with van der Waals surface area (Å²) in [5.41, 5.74) is 4.01. The minimum absolute atomic E-state index is 0.000103. The summed E-state index contributed by atoms with van der Waals surface area (Å²) in [4.78, 5) is 33.6. The van der Waals surface area contributed by atoms with Crippen molar-refractivity contribution in [3.8, 4) is 11.3 Å². The van der Waals surface area contributed by atoms with Crippen LogP contribution in [0.4, 0.5) is 0 Å². The molecule has 1 aromatic carbocycles. The maximum absolute atomic E-state index is 13.6. The molecule has 3 aromatic rings. The number of piperidine rings is 1. The number of aromatic nitrogens is 3. The van der Waals surface area contributed by atoms with Crippen molar-refractivity contribution in [2.45, 2.75) is 52.7 Å². The van der Waals surface area contributed by atoms with Gasteiger partial charge in [-0.3, -0.25) is 14.5 Å². The van der Waals surface area contributed by atoms with Crippen LogP contribution in [0.1, 0.15) is 56.1 Å². The summed E-state index contributed by atoms with van der Waals surface area (Å²) in [5.74, 6) is -0.277. The molecule has 3 N–H and O–H groups in total. The number of amides is 2. The van der Waals surface area contributed by atoms with Gasteiger partial charge in [-0.05, 0) is 50.8 Å². The number of pyridine rings is 1. The zero-order chi connectivity index (χ0) is 28.9. The third kappa shape index (κ3) is 6.94. The number of morpholine rings is 1. The van der Waals surface area contributed by atoms with Gasteiger partial charge in [0, 0.05) is 56.9 Å². The van der Waals surface area contributed by atoms with E-state index in [-0.39, 0.29) is 35.7 Å². The van der Waals surface area contributed by atoms with Crippen LogP contribution >= 0.6 is 0 Å². The topological polar surface area (TPSA) is 113 Å². The molecular weight excluding hydrogens is 518 g/mol. The van der Waals surface area contributed by atoms with Crippen molar-refractivity contribution in [2.75, 3.05) is 45.9 Å². The number of rotatable bonds is 10. The lowest BCUT2D eigenvalue weighted by Crippen LogP contribution is -2.50. The van der Waals surface area contributed by atoms with E-state index in [2.05, 4.69) is 45.0 Å². The summed E-state index contributed by atoms with van der Waals surface area (Å²) in [6.45, 7) is 14.7. The molecule has 10 heteroatoms. The Balaban J connectivity index is 1.34. The Morgan fingerprint density at radius 2 is 2.00 bits per heavy atom. The van der Waals surface area contributed by atoms with Crippen LogP contribution in [0.25, 0.3) is 22.3 Å². The Morgan fingerprint density at radius 1 is 1.20 bits per heavy atom. The molecule has 3 unspecified atom stereocenters. The quantitative estimate of drug-likeness (QED) is 0.326. The number of carbonyl (C=O) groups excluding carboxylic acids is 2. The van der Waals surface area contributed by atoms with Crippen molar-refractivity contribution in [1.29, 1.82) is 0 Å². The van der Waals surface area contributed by atoms with Crippen molar-refractivity contribution < 1.29 is 14.3 Å². The summed E-state index contributed by atoms with van der Waals surface area (Å²) < 4.78 is 7.29. The summed E-state index contributed by atoms with van der Waals surface area (Å²) in [5, 5.41) is 14.9. The van der Waals surface area contributed by atoms with Crippen LogP contribution in [0.3, 0.4) is 0 Å². The first-order chi connectivity index (χ1) is 19.8. The number of hydrogen-bond acceptors (Lipinski definition) is 7. The monoisotopic (exact) mass is 561 g/mol. The van der Waals surface area contributed by atoms with Gasteiger partial charge in [-0.25, -0.2) is 9.67 Å². The van der Waals surface area contributed by atoms with Crippen LogP contribution in [-0.4, -0.2) is 83.5 Å². The lowest BCUT2D eigenvalue weighted by molar-refractivity contribution is -0.129. The second kappa shape index (κ2) is 13.1. The molecule has 0 radical (unpaired) electrons. The first-order valence-electron chi connectivity index (χ1n) is 14.9. The van der Waals surface area contributed by atoms with Crippen LogP contribution in [0.5, 0.6) is 0 Å². The molecule has 0 spiro atoms. The van der Waals surface area contributed by atoms with Gasteiger partial charge >= 0.3 is 0 Å². The number of nitrogens with one attached hydrogen (secondary N) is 3. The molecule has 4 heterocycles. The average molecular weight is 562 g/mol. The Morgan fingerprint density at radius 3 is 2.76 bits per heavy atom. The van der Waals surface area contributed by atoms with Crippen molar-refractivity contribution in [3.05, 3.63) is 47.7 Å². The fourth-order valence-electron chi connectivity index (χ4n) is 5.85. The van der Waals surface area contributed by atoms with Crippen molar-refractivity contribution in [1.82, 2.24) is 35.6 Å². The molecule has 0 aliphatic carbocycles. The maximum atomic E-state index is 13.6. The maximum Gasteiger partial charge on any atom is 0.252 e. The van der Waals surface area contributed by atoms with Gasteiger partial charge in [-0.15, -0.1) is 0 Å². The summed E-state index contributed by atoms with van der Waals surface area (Å²) in [7, 11) is 0. The molecular formula is C31H43N7O3. The zero-order valence-corrected chi connectivity index (χ0v) is 24.7. The van der Waals surface area contributed by atoms with E-state index in [0.717, 1.165) is 69.2 Å². The van der Waals surface area contributed by atoms with Gasteiger partial charge < -0.3 is 20.7 Å². The Hall–Kier alpha value is -3.34. The van der Waals surface area contributed by atoms with Crippen LogP contribution in [0.2, 0.25) is 0 Å². The molecule has 0 saturated carbocycles. The Labute approximate surface area is 242 Å². The van der Waals surface area contributed by atoms with Crippen LogP contribution in [0.15, 0.2) is 36.5 Å². The fraction of sp³-hybridized carbons (Fsp3) is 0.548. The van der Waals surface area contributed by atoms with Gasteiger partial charge in [-0.2, -0.15) is 5.10 Å². The minimum Gasteiger partial charge on any atom is -0.379 e. The first kappa shape index (κ1) is 29.2. The third-order valence-corrected chi connectivity index (χ3v) is 8.18. The number of ether oxygens (including phenoxy) is 1. The van der Waals surface area contributed by atoms with E-state index in [1.54, 1.807) is 6.20 Å². The Kier molecular flexibility index (Phi) is 9.32. The second-order valence-electron chi connectivity index (χ2n) is 11.7. The molecule has 5 rings (SSSR count). The molecule has 0 bridgehead atoms. The highest BCUT2D eigenvalue weighted by molar-refractivity contribution is 6.06. The van der Waals surface area contributed by atoms with Crippen LogP contribution in [-0.2, 0) is 16.1 Å². The lowest BCUT2D eigenvalue weighted by Gasteiger charge is -2.32. The second-order valence-corrected chi connectivity index (χ2v) is 11.7. The van der Waals surface area contributed by atoms with E-state index in [0.29, 0.717) is 23.1 Å². The molecule has 10 nitrogen and oxygen atoms in total. The van der Waals surface area contributed by atoms with E-state index in [9.17, 15) is 9.59 Å². The van der Waals surface area contributed by atoms with Crippen molar-refractivity contribution in [3.63, 3.8) is 0 Å². The Bertz CT molecular complexity index is 1360. The van der Waals surface area contributed by atoms with Gasteiger partial charge in [0.1, 0.15) is 0 Å². The molecule has 2 saturated heterocycles. The van der Waals surface area contributed by atoms with Gasteiger partial charge in [0.2, 0.25) is 5.91 Å². The molecule has 2 aliphatic heterocycles. The molecule has 2 aromatic heterocycles. The normalized spacial score (nSPS) is 21.8. The zero-order valence-electron chi connectivity index (χ0n) is 24.7. The van der Waals surface area contributed by atoms with Gasteiger partial charge in [0.15, 0.2) is 5.65 Å². The van der Waals surface area contributed by atoms with Gasteiger partial charge in [0.05, 0.1) is 42.0 Å². The lowest BCUT2D eigenvalue weighted by atomic mass is 9.84. The van der Waals surface area contributed by atoms with Crippen molar-refractivity contribution >= 4 is 22.8 Å². The predicted octanol–water partition coefficient (Wildman–Crippen LogP) is 2.99. The minimum atomic E-state index is -0.252. The van der Waals surface area contributed by atoms with Crippen LogP contribution in [0, 0.1) is 11.8 Å². The predicted molar refractivity (Wildman–Crippen MR) is 160 cm³/mol. The first-order valence-corrected chi connectivity index (χ1v) is 14.9. The van der Waals surface area contributed by atoms with E-state index in [4.69, 9.17) is 9.72 Å². The molecule has 2 aliphatic rings. The molecule has 2 fully saturated rings. The van der Waals surface area contributed by atoms with Gasteiger partial charge in [0.25, 0.3) is 5.91 Å². The number of nitrogens with zero attached hydrogens (tertiary/aromatic N) is 4. The van der Waals surface area contributed by atoms with E-state index in [1.165, 1.54) is 0 Å². The third-order valence-electron chi connectivity index (χ3n) is 8.18. The molecule has 41 heavy (non-hydrogen) atoms. The smallest absolute Gasteiger partial charge is 0.252 e. The summed E-state index contributed by atoms with van der Waals surface area (Å²) in [6.07, 6.45) is 2.61. The van der Waals surface area contributed by atoms with Crippen molar-refractivity contribution in [2.24, 2.45) is 11.8 Å². The summed E-state index contributed by atoms with van der Waals surface area (Å²) >= 11 is 0. The largest absolute Gasteiger partial charge is 0.379 e. The highest BCUT2D eigenvalue weighted by Gasteiger charge is 2.32. The molecule has 220 valence electrons. The number of hydrogen-bond donors (Lipinski definition) is 3. The summed E-state index contributed by atoms with van der Waals surface area (Å²) in [6, 6.07) is 10.4. The van der Waals surface area contributed by atoms with E-state index in [1.807, 2.05) is 43.7 Å². The molecule has 2 amide bonds. The van der Waals surface area contributed by atoms with E-state index < -0.39 is 0 Å². The molecule has 3 atom stereocenters. The van der Waals surface area contributed by atoms with E-state index >= 15 is 0 Å². The number of carbonyl (C=O) groups is 2.